The lowest BCUT2D eigenvalue weighted by molar-refractivity contribution is 1.29. The van der Waals surface area contributed by atoms with E-state index in [1.165, 1.54) is 0 Å². The van der Waals surface area contributed by atoms with Crippen molar-refractivity contribution in [3.8, 4) is 0 Å². The van der Waals surface area contributed by atoms with Crippen LogP contribution in [0.4, 0.5) is 5.69 Å². The number of halogens is 1. The molecule has 1 N–H and O–H groups in total. The molecule has 0 aliphatic carbocycles. The first-order valence-electron chi connectivity index (χ1n) is 3.48. The normalized spacial score (nSPS) is 10.1. The molecular formula is C8H6IN3. The maximum atomic E-state index is 4.14. The van der Waals surface area contributed by atoms with Crippen molar-refractivity contribution in [3.05, 3.63) is 30.6 Å². The van der Waals surface area contributed by atoms with Crippen LogP contribution in [0.1, 0.15) is 0 Å². The number of rotatable bonds is 1. The molecule has 0 unspecified atom stereocenters. The number of nitrogens with zero attached hydrogens (tertiary/aromatic N) is 2. The van der Waals surface area contributed by atoms with Crippen LogP contribution in [0.25, 0.3) is 11.0 Å². The summed E-state index contributed by atoms with van der Waals surface area (Å²) in [6, 6.07) is 5.83. The lowest BCUT2D eigenvalue weighted by atomic mass is 10.2. The van der Waals surface area contributed by atoms with Gasteiger partial charge in [-0.05, 0) is 18.2 Å². The molecular weight excluding hydrogens is 265 g/mol. The summed E-state index contributed by atoms with van der Waals surface area (Å²) in [6.07, 6.45) is 3.49. The first-order chi connectivity index (χ1) is 5.92. The molecule has 2 aromatic heterocycles. The van der Waals surface area contributed by atoms with Crippen molar-refractivity contribution in [2.45, 2.75) is 0 Å². The van der Waals surface area contributed by atoms with Crippen molar-refractivity contribution >= 4 is 39.6 Å². The molecule has 0 saturated heterocycles. The fraction of sp³-hybridized carbons (Fsp3) is 0. The van der Waals surface area contributed by atoms with E-state index in [1.807, 2.05) is 18.2 Å². The summed E-state index contributed by atoms with van der Waals surface area (Å²) in [7, 11) is 0. The number of hydrogen-bond acceptors (Lipinski definition) is 3. The zero-order valence-corrected chi connectivity index (χ0v) is 8.32. The molecule has 0 saturated carbocycles. The third-order valence-corrected chi connectivity index (χ3v) is 2.20. The molecule has 2 aromatic rings. The van der Waals surface area contributed by atoms with Gasteiger partial charge in [-0.2, -0.15) is 0 Å². The summed E-state index contributed by atoms with van der Waals surface area (Å²) in [5.74, 6) is 0. The van der Waals surface area contributed by atoms with Gasteiger partial charge in [-0.15, -0.1) is 0 Å². The van der Waals surface area contributed by atoms with Crippen LogP contribution in [0.3, 0.4) is 0 Å². The average molecular weight is 271 g/mol. The first-order valence-corrected chi connectivity index (χ1v) is 4.56. The first kappa shape index (κ1) is 7.72. The summed E-state index contributed by atoms with van der Waals surface area (Å²) in [5, 5.41) is 1.05. The smallest absolute Gasteiger partial charge is 0.161 e. The Hall–Kier alpha value is -0.910. The van der Waals surface area contributed by atoms with Crippen molar-refractivity contribution in [1.82, 2.24) is 9.97 Å². The molecule has 4 heteroatoms. The maximum Gasteiger partial charge on any atom is 0.161 e. The Labute approximate surface area is 83.7 Å². The quantitative estimate of drug-likeness (QED) is 0.639. The van der Waals surface area contributed by atoms with Gasteiger partial charge >= 0.3 is 0 Å². The lowest BCUT2D eigenvalue weighted by Crippen LogP contribution is -1.86. The Morgan fingerprint density at radius 2 is 2.00 bits per heavy atom. The summed E-state index contributed by atoms with van der Waals surface area (Å²) < 4.78 is 3.06. The number of aromatic nitrogens is 2. The van der Waals surface area contributed by atoms with Gasteiger partial charge in [0, 0.05) is 17.8 Å². The van der Waals surface area contributed by atoms with Crippen LogP contribution in [0.15, 0.2) is 30.6 Å². The fourth-order valence-corrected chi connectivity index (χ4v) is 1.53. The number of hydrogen-bond donors (Lipinski definition) is 1. The zero-order valence-electron chi connectivity index (χ0n) is 6.16. The molecule has 0 amide bonds. The molecule has 60 valence electrons. The van der Waals surface area contributed by atoms with E-state index in [4.69, 9.17) is 0 Å². The van der Waals surface area contributed by atoms with Crippen molar-refractivity contribution < 1.29 is 0 Å². The second kappa shape index (κ2) is 3.22. The monoisotopic (exact) mass is 271 g/mol. The minimum Gasteiger partial charge on any atom is -0.328 e. The van der Waals surface area contributed by atoms with Gasteiger partial charge in [0.2, 0.25) is 0 Å². The topological polar surface area (TPSA) is 37.8 Å². The van der Waals surface area contributed by atoms with E-state index in [-0.39, 0.29) is 0 Å². The molecule has 0 atom stereocenters. The molecule has 0 fully saturated rings. The Bertz CT molecular complexity index is 397. The minimum atomic E-state index is 0.777. The minimum absolute atomic E-state index is 0.777. The van der Waals surface area contributed by atoms with E-state index in [1.54, 1.807) is 12.4 Å². The van der Waals surface area contributed by atoms with E-state index < -0.39 is 0 Å². The van der Waals surface area contributed by atoms with Gasteiger partial charge in [0.15, 0.2) is 5.65 Å². The van der Waals surface area contributed by atoms with Crippen LogP contribution >= 0.6 is 22.9 Å². The molecule has 12 heavy (non-hydrogen) atoms. The van der Waals surface area contributed by atoms with Crippen molar-refractivity contribution in [2.75, 3.05) is 3.53 Å². The zero-order chi connectivity index (χ0) is 8.39. The third kappa shape index (κ3) is 1.22. The second-order valence-corrected chi connectivity index (χ2v) is 2.87. The summed E-state index contributed by atoms with van der Waals surface area (Å²) in [5.41, 5.74) is 1.83. The van der Waals surface area contributed by atoms with E-state index in [0.717, 1.165) is 16.7 Å². The molecule has 0 spiro atoms. The Balaban J connectivity index is 2.79. The maximum absolute atomic E-state index is 4.14. The number of anilines is 1. The predicted octanol–water partition coefficient (Wildman–Crippen LogP) is 2.39. The second-order valence-electron chi connectivity index (χ2n) is 2.33. The highest BCUT2D eigenvalue weighted by Gasteiger charge is 1.98. The van der Waals surface area contributed by atoms with Gasteiger partial charge in [-0.3, -0.25) is 0 Å². The van der Waals surface area contributed by atoms with E-state index in [9.17, 15) is 0 Å². The van der Waals surface area contributed by atoms with Crippen LogP contribution in [-0.4, -0.2) is 9.97 Å². The molecule has 0 aromatic carbocycles. The van der Waals surface area contributed by atoms with Crippen molar-refractivity contribution in [2.24, 2.45) is 0 Å². The van der Waals surface area contributed by atoms with Crippen LogP contribution in [-0.2, 0) is 0 Å². The molecule has 3 nitrogen and oxygen atoms in total. The standard InChI is InChI=1S/C8H6IN3/c9-12-7-3-5-11-8-6(7)2-1-4-10-8/h1-5H,(H,10,11,12). The molecule has 0 radical (unpaired) electrons. The Morgan fingerprint density at radius 1 is 1.17 bits per heavy atom. The van der Waals surface area contributed by atoms with Crippen LogP contribution in [0.5, 0.6) is 0 Å². The molecule has 2 rings (SSSR count). The van der Waals surface area contributed by atoms with Gasteiger partial charge in [0.25, 0.3) is 0 Å². The number of fused-ring (bicyclic) bond motifs is 1. The summed E-state index contributed by atoms with van der Waals surface area (Å²) >= 11 is 2.10. The highest BCUT2D eigenvalue weighted by atomic mass is 127. The summed E-state index contributed by atoms with van der Waals surface area (Å²) in [6.45, 7) is 0. The largest absolute Gasteiger partial charge is 0.328 e. The SMILES string of the molecule is INc1ccnc2ncccc12. The lowest BCUT2D eigenvalue weighted by Gasteiger charge is -2.01. The van der Waals surface area contributed by atoms with E-state index >= 15 is 0 Å². The van der Waals surface area contributed by atoms with Gasteiger partial charge in [0.1, 0.15) is 0 Å². The van der Waals surface area contributed by atoms with Crippen LogP contribution < -0.4 is 3.53 Å². The Morgan fingerprint density at radius 3 is 2.83 bits per heavy atom. The molecule has 0 bridgehead atoms. The van der Waals surface area contributed by atoms with Gasteiger partial charge in [-0.25, -0.2) is 9.97 Å². The predicted molar refractivity (Wildman–Crippen MR) is 57.2 cm³/mol. The van der Waals surface area contributed by atoms with Gasteiger partial charge in [-0.1, -0.05) is 0 Å². The molecule has 0 aliphatic rings. The Kier molecular flexibility index (Phi) is 2.07. The summed E-state index contributed by atoms with van der Waals surface area (Å²) in [4.78, 5) is 8.27. The van der Waals surface area contributed by atoms with E-state index in [2.05, 4.69) is 36.4 Å². The highest BCUT2D eigenvalue weighted by Crippen LogP contribution is 2.19. The average Bonchev–Trinajstić information content (AvgIpc) is 2.17. The molecule has 0 aliphatic heterocycles. The van der Waals surface area contributed by atoms with Crippen LogP contribution in [0.2, 0.25) is 0 Å². The van der Waals surface area contributed by atoms with Crippen molar-refractivity contribution in [3.63, 3.8) is 0 Å². The van der Waals surface area contributed by atoms with Gasteiger partial charge in [0.05, 0.1) is 28.6 Å². The van der Waals surface area contributed by atoms with Crippen molar-refractivity contribution in [1.29, 1.82) is 0 Å². The number of pyridine rings is 2. The highest BCUT2D eigenvalue weighted by molar-refractivity contribution is 14.1. The van der Waals surface area contributed by atoms with Crippen LogP contribution in [0, 0.1) is 0 Å². The number of nitrogens with one attached hydrogen (secondary N) is 1. The third-order valence-electron chi connectivity index (χ3n) is 1.62. The molecule has 2 heterocycles. The van der Waals surface area contributed by atoms with E-state index in [0.29, 0.717) is 0 Å². The fourth-order valence-electron chi connectivity index (χ4n) is 1.06. The van der Waals surface area contributed by atoms with Gasteiger partial charge < -0.3 is 3.53 Å².